The van der Waals surface area contributed by atoms with Gasteiger partial charge in [-0.1, -0.05) is 22.6 Å². The van der Waals surface area contributed by atoms with Crippen LogP contribution in [0.25, 0.3) is 0 Å². The topological polar surface area (TPSA) is 532 Å². The predicted molar refractivity (Wildman–Crippen MR) is 293 cm³/mol. The molecular weight excluding hydrogens is 1190 g/mol. The minimum Gasteiger partial charge on any atom is -0.477 e. The van der Waals surface area contributed by atoms with Gasteiger partial charge in [0, 0.05) is 110 Å². The Hall–Kier alpha value is -6.40. The van der Waals surface area contributed by atoms with Crippen molar-refractivity contribution in [1.82, 2.24) is 65.8 Å². The van der Waals surface area contributed by atoms with E-state index < -0.39 is 159 Å². The second kappa shape index (κ2) is 32.6. The van der Waals surface area contributed by atoms with Crippen molar-refractivity contribution in [2.45, 2.75) is 209 Å². The second-order valence-electron chi connectivity index (χ2n) is 22.4. The number of amides is 3. The van der Waals surface area contributed by atoms with Crippen molar-refractivity contribution >= 4 is 35.6 Å². The molecule has 89 heavy (non-hydrogen) atoms. The molecule has 6 rings (SSSR count). The molecule has 3 aliphatic rings. The molecule has 15 N–H and O–H groups in total. The van der Waals surface area contributed by atoms with Crippen LogP contribution in [0.15, 0.2) is 18.6 Å². The van der Waals surface area contributed by atoms with Gasteiger partial charge >= 0.3 is 17.9 Å². The molecule has 10 unspecified atom stereocenters. The third-order valence-corrected chi connectivity index (χ3v) is 15.3. The van der Waals surface area contributed by atoms with Gasteiger partial charge in [0.15, 0.2) is 0 Å². The molecule has 0 aliphatic carbocycles. The maximum atomic E-state index is 12.7. The smallest absolute Gasteiger partial charge is 0.364 e. The van der Waals surface area contributed by atoms with Crippen molar-refractivity contribution in [2.24, 2.45) is 5.92 Å². The van der Waals surface area contributed by atoms with E-state index >= 15 is 0 Å². The fraction of sp³-hybridized carbons (Fsp3) is 0.769. The van der Waals surface area contributed by atoms with Crippen molar-refractivity contribution in [3.63, 3.8) is 0 Å². The maximum absolute atomic E-state index is 12.7. The third-order valence-electron chi connectivity index (χ3n) is 15.3. The van der Waals surface area contributed by atoms with Gasteiger partial charge in [0.25, 0.3) is 17.4 Å². The van der Waals surface area contributed by atoms with E-state index in [2.05, 4.69) is 46.9 Å². The lowest BCUT2D eigenvalue weighted by atomic mass is 9.84. The summed E-state index contributed by atoms with van der Waals surface area (Å²) in [7, 11) is 0. The summed E-state index contributed by atoms with van der Waals surface area (Å²) in [4.78, 5) is 75.7. The van der Waals surface area contributed by atoms with E-state index in [-0.39, 0.29) is 104 Å². The largest absolute Gasteiger partial charge is 0.477 e. The minimum atomic E-state index is -2.55. The molecule has 3 saturated heterocycles. The zero-order chi connectivity index (χ0) is 65.4. The molecule has 0 saturated carbocycles. The van der Waals surface area contributed by atoms with Gasteiger partial charge in [0.2, 0.25) is 17.7 Å². The second-order valence-corrected chi connectivity index (χ2v) is 22.4. The number of aryl methyl sites for hydroxylation is 3. The number of hydrogen-bond acceptors (Lipinski definition) is 28. The van der Waals surface area contributed by atoms with Gasteiger partial charge in [-0.05, 0) is 25.7 Å². The molecule has 3 fully saturated rings. The van der Waals surface area contributed by atoms with E-state index in [4.69, 9.17) is 28.4 Å². The summed E-state index contributed by atoms with van der Waals surface area (Å²) in [5.41, 5.74) is 1.35. The summed E-state index contributed by atoms with van der Waals surface area (Å²) in [6, 6.07) is -3.16. The highest BCUT2D eigenvalue weighted by atomic mass is 16.7. The first-order valence-corrected chi connectivity index (χ1v) is 28.9. The van der Waals surface area contributed by atoms with Crippen molar-refractivity contribution in [3.8, 4) is 0 Å². The fourth-order valence-corrected chi connectivity index (χ4v) is 10.8. The number of nitrogens with zero attached hydrogens (tertiary/aromatic N) is 10. The van der Waals surface area contributed by atoms with E-state index in [1.807, 2.05) is 4.90 Å². The number of rotatable bonds is 36. The van der Waals surface area contributed by atoms with E-state index in [0.717, 1.165) is 6.92 Å². The van der Waals surface area contributed by atoms with Gasteiger partial charge in [-0.25, -0.2) is 14.4 Å². The Morgan fingerprint density at radius 2 is 1.01 bits per heavy atom. The van der Waals surface area contributed by atoms with Gasteiger partial charge in [-0.15, -0.1) is 15.3 Å². The van der Waals surface area contributed by atoms with E-state index in [1.54, 1.807) is 18.6 Å². The van der Waals surface area contributed by atoms with Crippen LogP contribution < -0.4 is 16.0 Å². The van der Waals surface area contributed by atoms with E-state index in [1.165, 1.54) is 34.8 Å². The Morgan fingerprint density at radius 3 is 1.40 bits per heavy atom. The van der Waals surface area contributed by atoms with Crippen molar-refractivity contribution in [2.75, 3.05) is 39.6 Å². The van der Waals surface area contributed by atoms with Crippen LogP contribution in [0.3, 0.4) is 0 Å². The number of carboxylic acids is 3. The molecule has 3 aromatic rings. The standard InChI is InChI=1S/C52H83N13O24/c1-28(39(75)26-67)45-42(54-30(3)70)37(73)17-51(88-45,48(80)81)85-14-6-11-64-23-33(57-60-64)20-62(19-32-22-63(59-56-32)10-5-13-84-50(47(78)79)9-8-36(53-29(2)69)41(87-50)16-35(72)25-66)21-34-24-65(61-58-34)12-7-15-86-52(49(82)83)18-38(74)43(55-31(4)71)46(89-52)44(77)40(76)27-68/h22-24,28,35-46,66-68,72-77H,5-21,25-27H2,1-4H3,(H,53,69)(H,54,70)(H,55,71)(H,78,79)(H,80,81)(H,82,83)/t28?,35?,36-,37+,38+,39?,40?,41?,42?,43?,44?,45?,46?,50-,51+,52+/m0/s1. The highest BCUT2D eigenvalue weighted by molar-refractivity contribution is 5.78. The van der Waals surface area contributed by atoms with Crippen LogP contribution in [0.1, 0.15) is 96.1 Å². The SMILES string of the molecule is CC(=O)NC1C(C(C)C(O)CO)O[C@@](OCCCn2cc(CN(Cc3cn(CCCO[C@@]4(C(=O)O)CC[C@H](NC(C)=O)C(CC(O)CO)O4)nn3)Cc3cn(CCCO[C@]4(C(=O)O)C[C@@H](O)C(NC(C)=O)C(C(O)C(O)CO)O4)nn3)nn2)(C(=O)O)C[C@H]1O. The summed E-state index contributed by atoms with van der Waals surface area (Å²) in [5, 5.41) is 156. The maximum Gasteiger partial charge on any atom is 0.364 e. The number of aliphatic carboxylic acids is 3. The number of hydrogen-bond donors (Lipinski definition) is 15. The Labute approximate surface area is 508 Å². The van der Waals surface area contributed by atoms with Crippen LogP contribution in [0.4, 0.5) is 0 Å². The molecule has 0 spiro atoms. The van der Waals surface area contributed by atoms with Gasteiger partial charge in [-0.3, -0.25) is 33.3 Å². The van der Waals surface area contributed by atoms with Crippen LogP contribution in [-0.4, -0.2) is 277 Å². The number of carbonyl (C=O) groups excluding carboxylic acids is 3. The van der Waals surface area contributed by atoms with Crippen LogP contribution >= 0.6 is 0 Å². The van der Waals surface area contributed by atoms with E-state index in [0.29, 0.717) is 17.1 Å². The van der Waals surface area contributed by atoms with Gasteiger partial charge < -0.3 is 106 Å². The first-order valence-electron chi connectivity index (χ1n) is 28.9. The Kier molecular flexibility index (Phi) is 26.2. The number of ether oxygens (including phenoxy) is 6. The van der Waals surface area contributed by atoms with Crippen LogP contribution in [-0.2, 0) is 96.5 Å². The van der Waals surface area contributed by atoms with E-state index in [9.17, 15) is 90.0 Å². The number of aliphatic hydroxyl groups excluding tert-OH is 9. The molecule has 37 nitrogen and oxygen atoms in total. The zero-order valence-corrected chi connectivity index (χ0v) is 49.6. The number of nitrogens with one attached hydrogen (secondary N) is 3. The summed E-state index contributed by atoms with van der Waals surface area (Å²) >= 11 is 0. The lowest BCUT2D eigenvalue weighted by Gasteiger charge is -2.47. The monoisotopic (exact) mass is 1270 g/mol. The quantitative estimate of drug-likeness (QED) is 0.0241. The minimum absolute atomic E-state index is 0.101. The zero-order valence-electron chi connectivity index (χ0n) is 49.6. The lowest BCUT2D eigenvalue weighted by molar-refractivity contribution is -0.311. The highest BCUT2D eigenvalue weighted by Gasteiger charge is 2.57. The molecule has 37 heteroatoms. The average molecular weight is 1270 g/mol. The van der Waals surface area contributed by atoms with Crippen LogP contribution in [0, 0.1) is 5.92 Å². The molecule has 3 aliphatic heterocycles. The molecular formula is C52H83N13O24. The summed E-state index contributed by atoms with van der Waals surface area (Å²) < 4.78 is 39.4. The Morgan fingerprint density at radius 1 is 0.607 bits per heavy atom. The average Bonchev–Trinajstić information content (AvgIpc) is 1.46. The number of aliphatic hydroxyl groups is 9. The normalized spacial score (nSPS) is 28.1. The molecule has 0 aromatic carbocycles. The lowest BCUT2D eigenvalue weighted by Crippen LogP contribution is -2.67. The predicted octanol–water partition coefficient (Wildman–Crippen LogP) is -6.33. The fourth-order valence-electron chi connectivity index (χ4n) is 10.8. The summed E-state index contributed by atoms with van der Waals surface area (Å²) in [5.74, 6) is -14.3. The van der Waals surface area contributed by atoms with Gasteiger partial charge in [0.05, 0.1) is 111 Å². The highest BCUT2D eigenvalue weighted by Crippen LogP contribution is 2.37. The molecule has 500 valence electrons. The number of carboxylic acid groups (broad SMARTS) is 3. The van der Waals surface area contributed by atoms with Crippen LogP contribution in [0.5, 0.6) is 0 Å². The van der Waals surface area contributed by atoms with Crippen molar-refractivity contribution < 1.29 is 118 Å². The molecule has 3 amide bonds. The van der Waals surface area contributed by atoms with Gasteiger partial charge in [-0.2, -0.15) is 0 Å². The molecule has 16 atom stereocenters. The number of aromatic nitrogens is 9. The summed E-state index contributed by atoms with van der Waals surface area (Å²) in [6.45, 7) is 2.95. The third kappa shape index (κ3) is 19.3. The molecule has 3 aromatic heterocycles. The molecule has 0 bridgehead atoms. The molecule has 6 heterocycles. The number of carbonyl (C=O) groups is 6. The first-order chi connectivity index (χ1) is 42.2. The van der Waals surface area contributed by atoms with Gasteiger partial charge in [0.1, 0.15) is 18.3 Å². The Bertz CT molecular complexity index is 2670. The van der Waals surface area contributed by atoms with Crippen LogP contribution in [0.2, 0.25) is 0 Å². The van der Waals surface area contributed by atoms with Crippen molar-refractivity contribution in [1.29, 1.82) is 0 Å². The first kappa shape index (κ1) is 71.7. The Balaban J connectivity index is 1.12. The van der Waals surface area contributed by atoms with Crippen molar-refractivity contribution in [3.05, 3.63) is 35.7 Å². The molecule has 0 radical (unpaired) electrons. The summed E-state index contributed by atoms with van der Waals surface area (Å²) in [6.07, 6.45) is -9.61.